The predicted molar refractivity (Wildman–Crippen MR) is 136 cm³/mol. The summed E-state index contributed by atoms with van der Waals surface area (Å²) < 4.78 is 7.82. The van der Waals surface area contributed by atoms with Crippen LogP contribution in [0, 0.1) is 23.2 Å². The van der Waals surface area contributed by atoms with Crippen molar-refractivity contribution in [1.29, 1.82) is 5.26 Å². The number of ether oxygens (including phenoxy) is 1. The van der Waals surface area contributed by atoms with E-state index in [0.29, 0.717) is 17.9 Å². The van der Waals surface area contributed by atoms with Crippen LogP contribution in [0.25, 0.3) is 16.8 Å². The summed E-state index contributed by atoms with van der Waals surface area (Å²) in [6.45, 7) is 6.12. The van der Waals surface area contributed by atoms with Crippen LogP contribution in [-0.2, 0) is 11.4 Å². The Kier molecular flexibility index (Phi) is 7.32. The van der Waals surface area contributed by atoms with Crippen molar-refractivity contribution in [1.82, 2.24) is 14.6 Å². The van der Waals surface area contributed by atoms with Gasteiger partial charge in [-0.25, -0.2) is 9.50 Å². The highest BCUT2D eigenvalue weighted by atomic mass is 16.5. The molecular weight excluding hydrogens is 452 g/mol. The number of nitriles is 1. The normalized spacial score (nSPS) is 11.5. The minimum absolute atomic E-state index is 0.0462. The quantitative estimate of drug-likeness (QED) is 0.333. The molecule has 0 unspecified atom stereocenters. The maximum Gasteiger partial charge on any atom is 0.304 e. The van der Waals surface area contributed by atoms with Crippen LogP contribution in [0.1, 0.15) is 61.5 Å². The summed E-state index contributed by atoms with van der Waals surface area (Å²) in [6.07, 6.45) is 1.87. The van der Waals surface area contributed by atoms with Crippen LogP contribution in [0.15, 0.2) is 60.8 Å². The number of benzene rings is 2. The van der Waals surface area contributed by atoms with E-state index in [1.807, 2.05) is 48.7 Å². The second-order valence-electron chi connectivity index (χ2n) is 8.75. The topological polar surface area (TPSA) is 101 Å². The molecule has 0 amide bonds. The second kappa shape index (κ2) is 10.8. The lowest BCUT2D eigenvalue weighted by Crippen LogP contribution is -2.05. The van der Waals surface area contributed by atoms with Gasteiger partial charge in [-0.05, 0) is 48.4 Å². The molecule has 0 fully saturated rings. The molecule has 0 radical (unpaired) electrons. The Hall–Kier alpha value is -4.62. The summed E-state index contributed by atoms with van der Waals surface area (Å²) in [5.74, 6) is 6.12. The van der Waals surface area contributed by atoms with Gasteiger partial charge < -0.3 is 9.84 Å². The minimum Gasteiger partial charge on any atom is -0.489 e. The highest BCUT2D eigenvalue weighted by molar-refractivity contribution is 5.78. The summed E-state index contributed by atoms with van der Waals surface area (Å²) >= 11 is 0. The fourth-order valence-electron chi connectivity index (χ4n) is 3.88. The molecule has 1 atom stereocenters. The molecule has 7 heteroatoms. The predicted octanol–water partition coefficient (Wildman–Crippen LogP) is 5.55. The van der Waals surface area contributed by atoms with E-state index >= 15 is 0 Å². The van der Waals surface area contributed by atoms with Crippen molar-refractivity contribution in [3.05, 3.63) is 83.3 Å². The molecule has 36 heavy (non-hydrogen) atoms. The number of hydrogen-bond donors (Lipinski definition) is 1. The van der Waals surface area contributed by atoms with Crippen LogP contribution in [-0.4, -0.2) is 25.7 Å². The third-order valence-electron chi connectivity index (χ3n) is 5.73. The third-order valence-corrected chi connectivity index (χ3v) is 5.73. The van der Waals surface area contributed by atoms with Gasteiger partial charge >= 0.3 is 5.97 Å². The van der Waals surface area contributed by atoms with Crippen molar-refractivity contribution < 1.29 is 14.6 Å². The standard InChI is InChI=1S/C29H26N4O3/c1-4-5-24(15-27(34)35)22-10-12-25(13-11-22)36-18-21-14-26(23-8-6-20(16-30)7-9-23)29-31-28(19(2)3)32-33(29)17-21/h6-14,17,19,24H,15,18H2,1-3H3,(H,34,35)/t24-/m0/s1. The third kappa shape index (κ3) is 5.54. The van der Waals surface area contributed by atoms with Gasteiger partial charge in [0.25, 0.3) is 0 Å². The average Bonchev–Trinajstić information content (AvgIpc) is 3.32. The summed E-state index contributed by atoms with van der Waals surface area (Å²) in [5.41, 5.74) is 4.94. The molecule has 4 rings (SSSR count). The number of carboxylic acid groups (broad SMARTS) is 1. The molecule has 2 aromatic carbocycles. The fourth-order valence-corrected chi connectivity index (χ4v) is 3.88. The Morgan fingerprint density at radius 3 is 2.47 bits per heavy atom. The minimum atomic E-state index is -0.884. The molecule has 2 aromatic heterocycles. The maximum atomic E-state index is 11.2. The van der Waals surface area contributed by atoms with Gasteiger partial charge in [-0.3, -0.25) is 4.79 Å². The van der Waals surface area contributed by atoms with Crippen LogP contribution >= 0.6 is 0 Å². The molecule has 0 aliphatic rings. The molecule has 0 spiro atoms. The molecule has 0 aliphatic heterocycles. The van der Waals surface area contributed by atoms with Gasteiger partial charge in [0.1, 0.15) is 12.4 Å². The van der Waals surface area contributed by atoms with E-state index in [-0.39, 0.29) is 18.3 Å². The molecule has 0 aliphatic carbocycles. The van der Waals surface area contributed by atoms with Gasteiger partial charge in [0.2, 0.25) is 0 Å². The van der Waals surface area contributed by atoms with Crippen LogP contribution < -0.4 is 4.74 Å². The number of rotatable bonds is 8. The highest BCUT2D eigenvalue weighted by Crippen LogP contribution is 2.28. The maximum absolute atomic E-state index is 11.2. The smallest absolute Gasteiger partial charge is 0.304 e. The van der Waals surface area contributed by atoms with Crippen LogP contribution in [0.5, 0.6) is 5.75 Å². The van der Waals surface area contributed by atoms with E-state index in [2.05, 4.69) is 36.9 Å². The number of carboxylic acids is 1. The molecule has 0 bridgehead atoms. The molecular formula is C29H26N4O3. The molecule has 180 valence electrons. The summed E-state index contributed by atoms with van der Waals surface area (Å²) in [4.78, 5) is 15.9. The van der Waals surface area contributed by atoms with Gasteiger partial charge in [-0.1, -0.05) is 44.0 Å². The lowest BCUT2D eigenvalue weighted by atomic mass is 9.96. The Morgan fingerprint density at radius 2 is 1.86 bits per heavy atom. The van der Waals surface area contributed by atoms with E-state index < -0.39 is 5.97 Å². The van der Waals surface area contributed by atoms with Crippen molar-refractivity contribution in [2.24, 2.45) is 0 Å². The van der Waals surface area contributed by atoms with E-state index in [1.165, 1.54) is 0 Å². The average molecular weight is 479 g/mol. The first-order chi connectivity index (χ1) is 17.4. The largest absolute Gasteiger partial charge is 0.489 e. The van der Waals surface area contributed by atoms with Gasteiger partial charge in [0, 0.05) is 23.2 Å². The first kappa shape index (κ1) is 24.5. The summed E-state index contributed by atoms with van der Waals surface area (Å²) in [6, 6.07) is 18.9. The molecule has 1 N–H and O–H groups in total. The van der Waals surface area contributed by atoms with Crippen molar-refractivity contribution >= 4 is 11.6 Å². The SMILES string of the molecule is CC#C[C@@H](CC(=O)O)c1ccc(OCc2cc(-c3ccc(C#N)cc3)c3nc(C(C)C)nn3c2)cc1. The van der Waals surface area contributed by atoms with Crippen LogP contribution in [0.3, 0.4) is 0 Å². The zero-order valence-corrected chi connectivity index (χ0v) is 20.4. The number of fused-ring (bicyclic) bond motifs is 1. The first-order valence-corrected chi connectivity index (χ1v) is 11.6. The number of carbonyl (C=O) groups is 1. The van der Waals surface area contributed by atoms with Gasteiger partial charge in [0.15, 0.2) is 11.5 Å². The van der Waals surface area contributed by atoms with E-state index in [1.54, 1.807) is 23.6 Å². The number of aliphatic carboxylic acids is 1. The number of aromatic nitrogens is 3. The first-order valence-electron chi connectivity index (χ1n) is 11.6. The number of nitrogens with zero attached hydrogens (tertiary/aromatic N) is 4. The Bertz CT molecular complexity index is 1480. The van der Waals surface area contributed by atoms with Gasteiger partial charge in [0.05, 0.1) is 24.0 Å². The lowest BCUT2D eigenvalue weighted by Gasteiger charge is -2.12. The van der Waals surface area contributed by atoms with Crippen LogP contribution in [0.4, 0.5) is 0 Å². The van der Waals surface area contributed by atoms with E-state index in [9.17, 15) is 4.79 Å². The van der Waals surface area contributed by atoms with Gasteiger partial charge in [-0.15, -0.1) is 5.92 Å². The molecule has 7 nitrogen and oxygen atoms in total. The van der Waals surface area contributed by atoms with Crippen molar-refractivity contribution in [3.8, 4) is 34.8 Å². The number of pyridine rings is 1. The Labute approximate surface area is 210 Å². The number of hydrogen-bond acceptors (Lipinski definition) is 5. The van der Waals surface area contributed by atoms with E-state index in [4.69, 9.17) is 20.1 Å². The molecule has 2 heterocycles. The monoisotopic (exact) mass is 478 g/mol. The summed E-state index contributed by atoms with van der Waals surface area (Å²) in [7, 11) is 0. The fraction of sp³-hybridized carbons (Fsp3) is 0.241. The second-order valence-corrected chi connectivity index (χ2v) is 8.75. The molecule has 0 saturated heterocycles. The highest BCUT2D eigenvalue weighted by Gasteiger charge is 2.15. The zero-order valence-electron chi connectivity index (χ0n) is 20.4. The zero-order chi connectivity index (χ0) is 25.7. The van der Waals surface area contributed by atoms with Crippen molar-refractivity contribution in [2.75, 3.05) is 0 Å². The van der Waals surface area contributed by atoms with E-state index in [0.717, 1.165) is 33.7 Å². The van der Waals surface area contributed by atoms with Crippen molar-refractivity contribution in [2.45, 2.75) is 45.6 Å². The van der Waals surface area contributed by atoms with Crippen molar-refractivity contribution in [3.63, 3.8) is 0 Å². The Morgan fingerprint density at radius 1 is 1.14 bits per heavy atom. The molecule has 0 saturated carbocycles. The molecule has 4 aromatic rings. The van der Waals surface area contributed by atoms with Gasteiger partial charge in [-0.2, -0.15) is 10.4 Å². The Balaban J connectivity index is 1.61. The van der Waals surface area contributed by atoms with Crippen LogP contribution in [0.2, 0.25) is 0 Å². The lowest BCUT2D eigenvalue weighted by molar-refractivity contribution is -0.137. The summed E-state index contributed by atoms with van der Waals surface area (Å²) in [5, 5.41) is 23.0.